The van der Waals surface area contributed by atoms with Crippen molar-refractivity contribution in [2.45, 2.75) is 13.8 Å². The average Bonchev–Trinajstić information content (AvgIpc) is 2.99. The summed E-state index contributed by atoms with van der Waals surface area (Å²) in [6.45, 7) is 6.72. The van der Waals surface area contributed by atoms with Gasteiger partial charge in [-0.05, 0) is 38.1 Å². The number of aromatic nitrogens is 2. The molecular formula is C19H20N4O2. The zero-order chi connectivity index (χ0) is 17.4. The first kappa shape index (κ1) is 15.6. The number of aryl methyl sites for hydroxylation is 2. The third-order valence-corrected chi connectivity index (χ3v) is 4.69. The second-order valence-corrected chi connectivity index (χ2v) is 6.37. The molecule has 0 atom stereocenters. The number of hydrogen-bond acceptors (Lipinski definition) is 5. The van der Waals surface area contributed by atoms with Crippen molar-refractivity contribution in [3.63, 3.8) is 0 Å². The summed E-state index contributed by atoms with van der Waals surface area (Å²) < 4.78 is 5.49. The smallest absolute Gasteiger partial charge is 0.257 e. The van der Waals surface area contributed by atoms with Gasteiger partial charge in [0.2, 0.25) is 0 Å². The van der Waals surface area contributed by atoms with Gasteiger partial charge in [0.05, 0.1) is 11.1 Å². The minimum Gasteiger partial charge on any atom is -0.466 e. The first-order valence-corrected chi connectivity index (χ1v) is 8.43. The summed E-state index contributed by atoms with van der Waals surface area (Å²) in [7, 11) is 0. The molecule has 1 aliphatic heterocycles. The van der Waals surface area contributed by atoms with E-state index in [0.29, 0.717) is 24.4 Å². The van der Waals surface area contributed by atoms with Crippen LogP contribution in [-0.4, -0.2) is 47.0 Å². The van der Waals surface area contributed by atoms with E-state index in [1.54, 1.807) is 6.33 Å². The Morgan fingerprint density at radius 1 is 1.12 bits per heavy atom. The third kappa shape index (κ3) is 2.95. The molecule has 0 bridgehead atoms. The molecule has 2 aromatic heterocycles. The fraction of sp³-hybridized carbons (Fsp3) is 0.316. The van der Waals surface area contributed by atoms with E-state index in [1.807, 2.05) is 37.1 Å². The summed E-state index contributed by atoms with van der Waals surface area (Å²) in [5.74, 6) is 1.53. The van der Waals surface area contributed by atoms with Crippen molar-refractivity contribution in [1.29, 1.82) is 0 Å². The maximum atomic E-state index is 12.7. The van der Waals surface area contributed by atoms with E-state index in [9.17, 15) is 4.79 Å². The van der Waals surface area contributed by atoms with Crippen LogP contribution < -0.4 is 4.90 Å². The van der Waals surface area contributed by atoms with Crippen molar-refractivity contribution in [2.24, 2.45) is 0 Å². The number of nitrogens with zero attached hydrogens (tertiary/aromatic N) is 4. The van der Waals surface area contributed by atoms with Crippen LogP contribution in [0.15, 0.2) is 41.2 Å². The molecule has 1 amide bonds. The molecule has 0 saturated carbocycles. The molecule has 0 N–H and O–H groups in total. The van der Waals surface area contributed by atoms with E-state index in [4.69, 9.17) is 4.42 Å². The Bertz CT molecular complexity index is 926. The number of furan rings is 1. The molecule has 3 aromatic rings. The Kier molecular flexibility index (Phi) is 3.87. The van der Waals surface area contributed by atoms with E-state index in [-0.39, 0.29) is 5.91 Å². The molecule has 1 aliphatic rings. The highest BCUT2D eigenvalue weighted by Gasteiger charge is 2.25. The van der Waals surface area contributed by atoms with Crippen LogP contribution in [-0.2, 0) is 0 Å². The van der Waals surface area contributed by atoms with Crippen molar-refractivity contribution >= 4 is 22.5 Å². The zero-order valence-corrected chi connectivity index (χ0v) is 14.4. The predicted molar refractivity (Wildman–Crippen MR) is 95.8 cm³/mol. The van der Waals surface area contributed by atoms with Crippen LogP contribution in [0.1, 0.15) is 21.9 Å². The van der Waals surface area contributed by atoms with Gasteiger partial charge < -0.3 is 14.2 Å². The highest BCUT2D eigenvalue weighted by Crippen LogP contribution is 2.23. The summed E-state index contributed by atoms with van der Waals surface area (Å²) in [6.07, 6.45) is 3.39. The summed E-state index contributed by atoms with van der Waals surface area (Å²) in [4.78, 5) is 25.2. The monoisotopic (exact) mass is 336 g/mol. The molecule has 128 valence electrons. The molecule has 3 heterocycles. The van der Waals surface area contributed by atoms with Crippen molar-refractivity contribution in [2.75, 3.05) is 31.1 Å². The average molecular weight is 336 g/mol. The second-order valence-electron chi connectivity index (χ2n) is 6.37. The van der Waals surface area contributed by atoms with Gasteiger partial charge in [-0.25, -0.2) is 9.97 Å². The van der Waals surface area contributed by atoms with Gasteiger partial charge >= 0.3 is 0 Å². The number of fused-ring (bicyclic) bond motifs is 1. The number of benzene rings is 1. The number of carbonyl (C=O) groups is 1. The van der Waals surface area contributed by atoms with Gasteiger partial charge in [-0.3, -0.25) is 4.79 Å². The maximum absolute atomic E-state index is 12.7. The Morgan fingerprint density at radius 2 is 1.92 bits per heavy atom. The fourth-order valence-electron chi connectivity index (χ4n) is 3.35. The summed E-state index contributed by atoms with van der Waals surface area (Å²) >= 11 is 0. The Labute approximate surface area is 146 Å². The normalized spacial score (nSPS) is 15.0. The highest BCUT2D eigenvalue weighted by molar-refractivity contribution is 5.95. The van der Waals surface area contributed by atoms with E-state index in [1.165, 1.54) is 0 Å². The quantitative estimate of drug-likeness (QED) is 0.720. The Balaban J connectivity index is 1.47. The lowest BCUT2D eigenvalue weighted by molar-refractivity contribution is 0.0745. The largest absolute Gasteiger partial charge is 0.466 e. The molecule has 1 saturated heterocycles. The summed E-state index contributed by atoms with van der Waals surface area (Å²) in [5, 5.41) is 1.03. The van der Waals surface area contributed by atoms with Crippen molar-refractivity contribution in [3.8, 4) is 0 Å². The van der Waals surface area contributed by atoms with Crippen LogP contribution in [0.5, 0.6) is 0 Å². The number of amides is 1. The van der Waals surface area contributed by atoms with Crippen LogP contribution in [0, 0.1) is 13.8 Å². The van der Waals surface area contributed by atoms with Gasteiger partial charge in [-0.1, -0.05) is 0 Å². The van der Waals surface area contributed by atoms with Gasteiger partial charge in [0.1, 0.15) is 17.8 Å². The van der Waals surface area contributed by atoms with E-state index < -0.39 is 0 Å². The molecule has 0 unspecified atom stereocenters. The van der Waals surface area contributed by atoms with Gasteiger partial charge in [0, 0.05) is 43.4 Å². The zero-order valence-electron chi connectivity index (χ0n) is 14.4. The van der Waals surface area contributed by atoms with Gasteiger partial charge in [-0.15, -0.1) is 0 Å². The number of carbonyl (C=O) groups excluding carboxylic acids is 1. The van der Waals surface area contributed by atoms with E-state index in [0.717, 1.165) is 35.4 Å². The van der Waals surface area contributed by atoms with Gasteiger partial charge in [0.25, 0.3) is 5.91 Å². The van der Waals surface area contributed by atoms with Crippen LogP contribution in [0.2, 0.25) is 0 Å². The lowest BCUT2D eigenvalue weighted by atomic mass is 10.1. The molecule has 25 heavy (non-hydrogen) atoms. The molecule has 4 rings (SSSR count). The lowest BCUT2D eigenvalue weighted by Crippen LogP contribution is -2.48. The molecule has 0 spiro atoms. The molecule has 6 nitrogen and oxygen atoms in total. The minimum atomic E-state index is 0.0564. The minimum absolute atomic E-state index is 0.0564. The fourth-order valence-corrected chi connectivity index (χ4v) is 3.35. The number of anilines is 1. The topological polar surface area (TPSA) is 62.5 Å². The Hall–Kier alpha value is -2.89. The molecule has 0 radical (unpaired) electrons. The summed E-state index contributed by atoms with van der Waals surface area (Å²) in [6, 6.07) is 8.03. The third-order valence-electron chi connectivity index (χ3n) is 4.69. The molecular weight excluding hydrogens is 316 g/mol. The molecule has 1 fully saturated rings. The first-order valence-electron chi connectivity index (χ1n) is 8.43. The van der Waals surface area contributed by atoms with Crippen LogP contribution in [0.4, 0.5) is 5.69 Å². The maximum Gasteiger partial charge on any atom is 0.257 e. The van der Waals surface area contributed by atoms with Gasteiger partial charge in [0.15, 0.2) is 0 Å². The van der Waals surface area contributed by atoms with Crippen molar-refractivity contribution in [3.05, 3.63) is 53.9 Å². The standard InChI is InChI=1S/C19H20N4O2/c1-13-9-17(14(2)25-13)19(24)23-7-5-22(6-8-23)16-3-4-18-15(10-16)11-20-12-21-18/h3-4,9-12H,5-8H2,1-2H3. The van der Waals surface area contributed by atoms with Crippen molar-refractivity contribution < 1.29 is 9.21 Å². The highest BCUT2D eigenvalue weighted by atomic mass is 16.3. The van der Waals surface area contributed by atoms with E-state index in [2.05, 4.69) is 27.0 Å². The van der Waals surface area contributed by atoms with Crippen LogP contribution in [0.3, 0.4) is 0 Å². The van der Waals surface area contributed by atoms with E-state index >= 15 is 0 Å². The Morgan fingerprint density at radius 3 is 2.64 bits per heavy atom. The molecule has 0 aliphatic carbocycles. The second kappa shape index (κ2) is 6.20. The number of rotatable bonds is 2. The summed E-state index contributed by atoms with van der Waals surface area (Å²) in [5.41, 5.74) is 2.76. The molecule has 6 heteroatoms. The molecule has 1 aromatic carbocycles. The predicted octanol–water partition coefficient (Wildman–Crippen LogP) is 2.80. The number of hydrogen-bond donors (Lipinski definition) is 0. The SMILES string of the molecule is Cc1cc(C(=O)N2CCN(c3ccc4ncncc4c3)CC2)c(C)o1. The first-order chi connectivity index (χ1) is 12.1. The van der Waals surface area contributed by atoms with Crippen LogP contribution in [0.25, 0.3) is 10.9 Å². The van der Waals surface area contributed by atoms with Crippen molar-refractivity contribution in [1.82, 2.24) is 14.9 Å². The lowest BCUT2D eigenvalue weighted by Gasteiger charge is -2.36. The van der Waals surface area contributed by atoms with Crippen LogP contribution >= 0.6 is 0 Å². The number of piperazine rings is 1. The van der Waals surface area contributed by atoms with Gasteiger partial charge in [-0.2, -0.15) is 0 Å².